The van der Waals surface area contributed by atoms with Crippen LogP contribution in [0.1, 0.15) is 11.1 Å². The smallest absolute Gasteiger partial charge is 0.0474 e. The van der Waals surface area contributed by atoms with Crippen molar-refractivity contribution >= 4 is 24.2 Å². The van der Waals surface area contributed by atoms with Crippen LogP contribution < -0.4 is 0 Å². The van der Waals surface area contributed by atoms with Gasteiger partial charge in [0.1, 0.15) is 0 Å². The van der Waals surface area contributed by atoms with Gasteiger partial charge in [0.2, 0.25) is 0 Å². The molecule has 1 rings (SSSR count). The molecule has 0 aliphatic rings. The standard InChI is InChI=1S/C8H9ClS/c9-5-7-1-3-8(6-10)4-2-7/h1-4,10H,5-6H2. The lowest BCUT2D eigenvalue weighted by atomic mass is 10.2. The minimum absolute atomic E-state index is 0.590. The first-order chi connectivity index (χ1) is 4.86. The number of benzene rings is 1. The molecule has 0 nitrogen and oxygen atoms in total. The van der Waals surface area contributed by atoms with Gasteiger partial charge in [0.25, 0.3) is 0 Å². The topological polar surface area (TPSA) is 0 Å². The highest BCUT2D eigenvalue weighted by Gasteiger charge is 1.89. The third-order valence-electron chi connectivity index (χ3n) is 1.36. The summed E-state index contributed by atoms with van der Waals surface area (Å²) >= 11 is 9.74. The van der Waals surface area contributed by atoms with Crippen molar-refractivity contribution in [2.24, 2.45) is 0 Å². The summed E-state index contributed by atoms with van der Waals surface area (Å²) in [5.74, 6) is 1.38. The molecule has 0 unspecified atom stereocenters. The number of alkyl halides is 1. The largest absolute Gasteiger partial charge is 0.175 e. The highest BCUT2D eigenvalue weighted by atomic mass is 35.5. The summed E-state index contributed by atoms with van der Waals surface area (Å²) < 4.78 is 0. The van der Waals surface area contributed by atoms with Gasteiger partial charge in [0, 0.05) is 11.6 Å². The molecule has 0 saturated heterocycles. The Balaban J connectivity index is 2.80. The second-order valence-electron chi connectivity index (χ2n) is 2.11. The van der Waals surface area contributed by atoms with E-state index in [1.807, 2.05) is 24.3 Å². The van der Waals surface area contributed by atoms with Crippen LogP contribution in [0.4, 0.5) is 0 Å². The summed E-state index contributed by atoms with van der Waals surface area (Å²) in [6.45, 7) is 0. The van der Waals surface area contributed by atoms with Gasteiger partial charge in [-0.15, -0.1) is 11.6 Å². The molecule has 0 radical (unpaired) electrons. The van der Waals surface area contributed by atoms with Gasteiger partial charge in [-0.05, 0) is 11.1 Å². The van der Waals surface area contributed by atoms with Gasteiger partial charge >= 0.3 is 0 Å². The Morgan fingerprint density at radius 1 is 1.10 bits per heavy atom. The Labute approximate surface area is 71.6 Å². The molecule has 10 heavy (non-hydrogen) atoms. The molecular formula is C8H9ClS. The molecule has 0 aliphatic heterocycles. The lowest BCUT2D eigenvalue weighted by Gasteiger charge is -1.96. The number of rotatable bonds is 2. The van der Waals surface area contributed by atoms with Gasteiger partial charge in [-0.2, -0.15) is 12.6 Å². The Kier molecular flexibility index (Phi) is 3.10. The summed E-state index contributed by atoms with van der Waals surface area (Å²) in [7, 11) is 0. The molecule has 0 bridgehead atoms. The number of hydrogen-bond donors (Lipinski definition) is 1. The summed E-state index contributed by atoms with van der Waals surface area (Å²) in [6, 6.07) is 8.15. The zero-order chi connectivity index (χ0) is 7.40. The van der Waals surface area contributed by atoms with Crippen LogP contribution in [-0.2, 0) is 11.6 Å². The normalized spacial score (nSPS) is 9.80. The van der Waals surface area contributed by atoms with Crippen LogP contribution in [-0.4, -0.2) is 0 Å². The molecule has 0 fully saturated rings. The van der Waals surface area contributed by atoms with E-state index in [4.69, 9.17) is 11.6 Å². The maximum absolute atomic E-state index is 5.60. The van der Waals surface area contributed by atoms with Crippen LogP contribution in [0.2, 0.25) is 0 Å². The van der Waals surface area contributed by atoms with E-state index in [1.165, 1.54) is 5.56 Å². The van der Waals surface area contributed by atoms with Gasteiger partial charge in [0.05, 0.1) is 0 Å². The van der Waals surface area contributed by atoms with Crippen molar-refractivity contribution in [3.63, 3.8) is 0 Å². The van der Waals surface area contributed by atoms with E-state index in [9.17, 15) is 0 Å². The zero-order valence-electron chi connectivity index (χ0n) is 5.55. The number of hydrogen-bond acceptors (Lipinski definition) is 1. The van der Waals surface area contributed by atoms with Gasteiger partial charge in [-0.3, -0.25) is 0 Å². The van der Waals surface area contributed by atoms with Crippen LogP contribution >= 0.6 is 24.2 Å². The molecule has 54 valence electrons. The van der Waals surface area contributed by atoms with E-state index in [0.29, 0.717) is 5.88 Å². The fourth-order valence-electron chi connectivity index (χ4n) is 0.734. The maximum atomic E-state index is 5.60. The Bertz CT molecular complexity index is 170. The molecule has 0 heterocycles. The fourth-order valence-corrected chi connectivity index (χ4v) is 1.12. The average Bonchev–Trinajstić information content (AvgIpc) is 2.05. The van der Waals surface area contributed by atoms with Gasteiger partial charge in [-0.25, -0.2) is 0 Å². The highest BCUT2D eigenvalue weighted by Crippen LogP contribution is 2.07. The number of thiol groups is 1. The third-order valence-corrected chi connectivity index (χ3v) is 2.03. The lowest BCUT2D eigenvalue weighted by Crippen LogP contribution is -1.79. The van der Waals surface area contributed by atoms with Gasteiger partial charge < -0.3 is 0 Å². The maximum Gasteiger partial charge on any atom is 0.0474 e. The van der Waals surface area contributed by atoms with E-state index in [1.54, 1.807) is 0 Å². The van der Waals surface area contributed by atoms with E-state index in [2.05, 4.69) is 12.6 Å². The van der Waals surface area contributed by atoms with Crippen molar-refractivity contribution in [2.45, 2.75) is 11.6 Å². The summed E-state index contributed by atoms with van der Waals surface area (Å²) in [6.07, 6.45) is 0. The lowest BCUT2D eigenvalue weighted by molar-refractivity contribution is 1.34. The summed E-state index contributed by atoms with van der Waals surface area (Å²) in [5, 5.41) is 0. The number of halogens is 1. The molecule has 0 aliphatic carbocycles. The van der Waals surface area contributed by atoms with Crippen molar-refractivity contribution < 1.29 is 0 Å². The zero-order valence-corrected chi connectivity index (χ0v) is 7.20. The molecular weight excluding hydrogens is 164 g/mol. The molecule has 0 N–H and O–H groups in total. The van der Waals surface area contributed by atoms with Gasteiger partial charge in [0.15, 0.2) is 0 Å². The third kappa shape index (κ3) is 1.93. The van der Waals surface area contributed by atoms with Crippen molar-refractivity contribution in [2.75, 3.05) is 0 Å². The molecule has 0 atom stereocenters. The molecule has 0 spiro atoms. The van der Waals surface area contributed by atoms with E-state index < -0.39 is 0 Å². The van der Waals surface area contributed by atoms with Crippen LogP contribution in [0, 0.1) is 0 Å². The minimum atomic E-state index is 0.590. The highest BCUT2D eigenvalue weighted by molar-refractivity contribution is 7.79. The summed E-state index contributed by atoms with van der Waals surface area (Å²) in [4.78, 5) is 0. The first-order valence-corrected chi connectivity index (χ1v) is 4.28. The Morgan fingerprint density at radius 2 is 1.60 bits per heavy atom. The van der Waals surface area contributed by atoms with Crippen LogP contribution in [0.25, 0.3) is 0 Å². The quantitative estimate of drug-likeness (QED) is 0.515. The second kappa shape index (κ2) is 3.89. The van der Waals surface area contributed by atoms with E-state index in [0.717, 1.165) is 11.3 Å². The van der Waals surface area contributed by atoms with E-state index >= 15 is 0 Å². The SMILES string of the molecule is SCc1ccc(CCl)cc1. The molecule has 0 amide bonds. The molecule has 1 aromatic carbocycles. The Hall–Kier alpha value is -0.140. The van der Waals surface area contributed by atoms with E-state index in [-0.39, 0.29) is 0 Å². The predicted octanol–water partition coefficient (Wildman–Crippen LogP) is 2.86. The average molecular weight is 173 g/mol. The minimum Gasteiger partial charge on any atom is -0.175 e. The molecule has 0 aromatic heterocycles. The predicted molar refractivity (Wildman–Crippen MR) is 48.7 cm³/mol. The molecule has 1 aromatic rings. The van der Waals surface area contributed by atoms with Crippen molar-refractivity contribution in [1.29, 1.82) is 0 Å². The Morgan fingerprint density at radius 3 is 2.00 bits per heavy atom. The monoisotopic (exact) mass is 172 g/mol. The summed E-state index contributed by atoms with van der Waals surface area (Å²) in [5.41, 5.74) is 2.39. The molecule has 0 saturated carbocycles. The van der Waals surface area contributed by atoms with Crippen molar-refractivity contribution in [1.82, 2.24) is 0 Å². The first-order valence-electron chi connectivity index (χ1n) is 3.11. The first kappa shape index (κ1) is 7.96. The van der Waals surface area contributed by atoms with Crippen molar-refractivity contribution in [3.05, 3.63) is 35.4 Å². The fraction of sp³-hybridized carbons (Fsp3) is 0.250. The van der Waals surface area contributed by atoms with Crippen LogP contribution in [0.5, 0.6) is 0 Å². The second-order valence-corrected chi connectivity index (χ2v) is 2.69. The molecule has 2 heteroatoms. The van der Waals surface area contributed by atoms with Crippen LogP contribution in [0.3, 0.4) is 0 Å². The van der Waals surface area contributed by atoms with Gasteiger partial charge in [-0.1, -0.05) is 24.3 Å². The van der Waals surface area contributed by atoms with Crippen molar-refractivity contribution in [3.8, 4) is 0 Å². The van der Waals surface area contributed by atoms with Crippen LogP contribution in [0.15, 0.2) is 24.3 Å².